The maximum Gasteiger partial charge on any atom is 0.267 e. The van der Waals surface area contributed by atoms with Gasteiger partial charge in [0.2, 0.25) is 6.79 Å². The Morgan fingerprint density at radius 3 is 2.65 bits per heavy atom. The molecule has 0 aliphatic carbocycles. The molecule has 0 bridgehead atoms. The molecule has 0 saturated heterocycles. The number of hydrogen-bond donors (Lipinski definition) is 1. The second kappa shape index (κ2) is 4.88. The quantitative estimate of drug-likeness (QED) is 0.870. The van der Waals surface area contributed by atoms with Gasteiger partial charge in [-0.15, -0.1) is 0 Å². The third kappa shape index (κ3) is 2.32. The molecular weight excluding hydrogens is 268 g/mol. The first kappa shape index (κ1) is 12.5. The molecule has 20 heavy (non-hydrogen) atoms. The smallest absolute Gasteiger partial charge is 0.267 e. The molecule has 0 saturated carbocycles. The van der Waals surface area contributed by atoms with E-state index in [1.807, 2.05) is 0 Å². The van der Waals surface area contributed by atoms with E-state index in [-0.39, 0.29) is 23.8 Å². The van der Waals surface area contributed by atoms with E-state index in [2.05, 4.69) is 0 Å². The summed E-state index contributed by atoms with van der Waals surface area (Å²) >= 11 is 0. The van der Waals surface area contributed by atoms with Crippen LogP contribution >= 0.6 is 0 Å². The highest BCUT2D eigenvalue weighted by atomic mass is 19.3. The van der Waals surface area contributed by atoms with Gasteiger partial charge in [0.15, 0.2) is 11.5 Å². The van der Waals surface area contributed by atoms with Gasteiger partial charge in [-0.1, -0.05) is 0 Å². The van der Waals surface area contributed by atoms with Gasteiger partial charge in [0.25, 0.3) is 6.43 Å². The van der Waals surface area contributed by atoms with Crippen molar-refractivity contribution in [3.8, 4) is 23.0 Å². The maximum atomic E-state index is 12.9. The van der Waals surface area contributed by atoms with E-state index in [1.54, 1.807) is 18.2 Å². The average Bonchev–Trinajstić information content (AvgIpc) is 2.88. The molecule has 1 heterocycles. The monoisotopic (exact) mass is 279 g/mol. The maximum absolute atomic E-state index is 12.9. The van der Waals surface area contributed by atoms with Crippen molar-refractivity contribution < 1.29 is 23.0 Å². The molecule has 0 amide bonds. The number of anilines is 1. The largest absolute Gasteiger partial charge is 0.457 e. The lowest BCUT2D eigenvalue weighted by atomic mass is 10.2. The standard InChI is InChI=1S/C14H11F2NO3/c15-14(16)10-5-8(17)1-3-11(10)20-9-2-4-12-13(6-9)19-7-18-12/h1-6,14H,7,17H2. The van der Waals surface area contributed by atoms with Crippen molar-refractivity contribution in [1.82, 2.24) is 0 Å². The second-order valence-corrected chi connectivity index (χ2v) is 4.22. The summed E-state index contributed by atoms with van der Waals surface area (Å²) in [6.07, 6.45) is -2.66. The molecule has 0 radical (unpaired) electrons. The number of fused-ring (bicyclic) bond motifs is 1. The molecular formula is C14H11F2NO3. The highest BCUT2D eigenvalue weighted by molar-refractivity contribution is 5.52. The first-order valence-corrected chi connectivity index (χ1v) is 5.88. The summed E-state index contributed by atoms with van der Waals surface area (Å²) in [5, 5.41) is 0. The van der Waals surface area contributed by atoms with Crippen molar-refractivity contribution in [1.29, 1.82) is 0 Å². The SMILES string of the molecule is Nc1ccc(Oc2ccc3c(c2)OCO3)c(C(F)F)c1. The highest BCUT2D eigenvalue weighted by Crippen LogP contribution is 2.38. The Bertz CT molecular complexity index is 646. The zero-order chi connectivity index (χ0) is 14.1. The number of nitrogens with two attached hydrogens (primary N) is 1. The number of nitrogen functional groups attached to an aromatic ring is 1. The minimum Gasteiger partial charge on any atom is -0.457 e. The number of rotatable bonds is 3. The molecule has 1 aliphatic heterocycles. The molecule has 4 nitrogen and oxygen atoms in total. The van der Waals surface area contributed by atoms with Crippen LogP contribution in [0.1, 0.15) is 12.0 Å². The first-order valence-electron chi connectivity index (χ1n) is 5.88. The van der Waals surface area contributed by atoms with Crippen LogP contribution in [0.4, 0.5) is 14.5 Å². The molecule has 2 aromatic carbocycles. The Hall–Kier alpha value is -2.50. The predicted octanol–water partition coefficient (Wildman–Crippen LogP) is 3.73. The lowest BCUT2D eigenvalue weighted by molar-refractivity contribution is 0.148. The van der Waals surface area contributed by atoms with Gasteiger partial charge in [0, 0.05) is 11.8 Å². The molecule has 0 spiro atoms. The van der Waals surface area contributed by atoms with E-state index < -0.39 is 6.43 Å². The average molecular weight is 279 g/mol. The number of alkyl halides is 2. The van der Waals surface area contributed by atoms with E-state index in [9.17, 15) is 8.78 Å². The second-order valence-electron chi connectivity index (χ2n) is 4.22. The van der Waals surface area contributed by atoms with Crippen molar-refractivity contribution in [2.45, 2.75) is 6.43 Å². The van der Waals surface area contributed by atoms with E-state index in [4.69, 9.17) is 19.9 Å². The van der Waals surface area contributed by atoms with Crippen molar-refractivity contribution in [2.75, 3.05) is 12.5 Å². The van der Waals surface area contributed by atoms with Gasteiger partial charge < -0.3 is 19.9 Å². The van der Waals surface area contributed by atoms with Gasteiger partial charge in [-0.25, -0.2) is 8.78 Å². The molecule has 0 aromatic heterocycles. The molecule has 2 N–H and O–H groups in total. The zero-order valence-electron chi connectivity index (χ0n) is 10.3. The van der Waals surface area contributed by atoms with Crippen molar-refractivity contribution in [3.05, 3.63) is 42.0 Å². The Kier molecular flexibility index (Phi) is 3.06. The van der Waals surface area contributed by atoms with Crippen LogP contribution in [0.25, 0.3) is 0 Å². The number of hydrogen-bond acceptors (Lipinski definition) is 4. The van der Waals surface area contributed by atoms with Gasteiger partial charge in [0.05, 0.1) is 5.56 Å². The molecule has 3 rings (SSSR count). The van der Waals surface area contributed by atoms with Crippen LogP contribution in [0.5, 0.6) is 23.0 Å². The molecule has 0 fully saturated rings. The molecule has 104 valence electrons. The fourth-order valence-electron chi connectivity index (χ4n) is 1.90. The van der Waals surface area contributed by atoms with E-state index in [1.165, 1.54) is 18.2 Å². The Morgan fingerprint density at radius 2 is 1.85 bits per heavy atom. The summed E-state index contributed by atoms with van der Waals surface area (Å²) in [6.45, 7) is 0.142. The molecule has 1 aliphatic rings. The van der Waals surface area contributed by atoms with Crippen LogP contribution in [-0.2, 0) is 0 Å². The van der Waals surface area contributed by atoms with Crippen LogP contribution in [0, 0.1) is 0 Å². The Morgan fingerprint density at radius 1 is 1.05 bits per heavy atom. The summed E-state index contributed by atoms with van der Waals surface area (Å²) < 4.78 is 41.7. The number of benzene rings is 2. The van der Waals surface area contributed by atoms with Crippen molar-refractivity contribution in [3.63, 3.8) is 0 Å². The molecule has 6 heteroatoms. The number of halogens is 2. The minimum absolute atomic E-state index is 0.0630. The lowest BCUT2D eigenvalue weighted by Gasteiger charge is -2.11. The first-order chi connectivity index (χ1) is 9.63. The fraction of sp³-hybridized carbons (Fsp3) is 0.143. The molecule has 0 atom stereocenters. The third-order valence-corrected chi connectivity index (χ3v) is 2.84. The van der Waals surface area contributed by atoms with E-state index >= 15 is 0 Å². The Balaban J connectivity index is 1.91. The lowest BCUT2D eigenvalue weighted by Crippen LogP contribution is -1.95. The van der Waals surface area contributed by atoms with E-state index in [0.29, 0.717) is 17.2 Å². The number of ether oxygens (including phenoxy) is 3. The normalized spacial score (nSPS) is 12.8. The van der Waals surface area contributed by atoms with E-state index in [0.717, 1.165) is 0 Å². The van der Waals surface area contributed by atoms with Crippen molar-refractivity contribution >= 4 is 5.69 Å². The topological polar surface area (TPSA) is 53.7 Å². The van der Waals surface area contributed by atoms with Gasteiger partial charge >= 0.3 is 0 Å². The van der Waals surface area contributed by atoms with Crippen LogP contribution in [0.3, 0.4) is 0 Å². The minimum atomic E-state index is -2.66. The summed E-state index contributed by atoms with van der Waals surface area (Å²) in [7, 11) is 0. The van der Waals surface area contributed by atoms with Gasteiger partial charge in [-0.05, 0) is 30.3 Å². The van der Waals surface area contributed by atoms with Crippen LogP contribution in [0.15, 0.2) is 36.4 Å². The molecule has 0 unspecified atom stereocenters. The zero-order valence-corrected chi connectivity index (χ0v) is 10.3. The van der Waals surface area contributed by atoms with Gasteiger partial charge in [-0.2, -0.15) is 0 Å². The van der Waals surface area contributed by atoms with Crippen molar-refractivity contribution in [2.24, 2.45) is 0 Å². The van der Waals surface area contributed by atoms with Crippen LogP contribution in [-0.4, -0.2) is 6.79 Å². The summed E-state index contributed by atoms with van der Waals surface area (Å²) in [5.41, 5.74) is 5.52. The summed E-state index contributed by atoms with van der Waals surface area (Å²) in [5.74, 6) is 1.58. The fourth-order valence-corrected chi connectivity index (χ4v) is 1.90. The predicted molar refractivity (Wildman–Crippen MR) is 68.5 cm³/mol. The van der Waals surface area contributed by atoms with Crippen LogP contribution < -0.4 is 19.9 Å². The third-order valence-electron chi connectivity index (χ3n) is 2.84. The van der Waals surface area contributed by atoms with Gasteiger partial charge in [-0.3, -0.25) is 0 Å². The Labute approximate surface area is 113 Å². The summed E-state index contributed by atoms with van der Waals surface area (Å²) in [4.78, 5) is 0. The van der Waals surface area contributed by atoms with Gasteiger partial charge in [0.1, 0.15) is 11.5 Å². The summed E-state index contributed by atoms with van der Waals surface area (Å²) in [6, 6.07) is 9.01. The van der Waals surface area contributed by atoms with Crippen LogP contribution in [0.2, 0.25) is 0 Å². The highest BCUT2D eigenvalue weighted by Gasteiger charge is 2.17. The molecule has 2 aromatic rings.